The summed E-state index contributed by atoms with van der Waals surface area (Å²) in [6.45, 7) is 7.74. The monoisotopic (exact) mass is 238 g/mol. The van der Waals surface area contributed by atoms with Crippen molar-refractivity contribution in [2.45, 2.75) is 45.2 Å². The highest BCUT2D eigenvalue weighted by Gasteiger charge is 2.24. The van der Waals surface area contributed by atoms with Crippen molar-refractivity contribution < 1.29 is 4.52 Å². The van der Waals surface area contributed by atoms with E-state index in [1.807, 2.05) is 0 Å². The lowest BCUT2D eigenvalue weighted by molar-refractivity contribution is 0.137. The number of piperazine rings is 1. The van der Waals surface area contributed by atoms with Crippen molar-refractivity contribution >= 4 is 0 Å². The van der Waals surface area contributed by atoms with Crippen LogP contribution in [0.3, 0.4) is 0 Å². The van der Waals surface area contributed by atoms with Crippen molar-refractivity contribution in [1.29, 1.82) is 0 Å². The van der Waals surface area contributed by atoms with Gasteiger partial charge in [-0.25, -0.2) is 0 Å². The van der Waals surface area contributed by atoms with Gasteiger partial charge < -0.3 is 9.84 Å². The predicted molar refractivity (Wildman–Crippen MR) is 65.7 cm³/mol. The van der Waals surface area contributed by atoms with Gasteiger partial charge in [0.2, 0.25) is 6.39 Å². The van der Waals surface area contributed by atoms with Crippen LogP contribution in [0.1, 0.15) is 32.5 Å². The normalized spacial score (nSPS) is 26.2. The standard InChI is InChI=1S/C12H22N4O/c1-3-4-11-8-16(10(2)7-13-11)6-5-12-14-9-17-15-12/h9-11,13H,3-8H2,1-2H3. The molecule has 0 saturated carbocycles. The fourth-order valence-electron chi connectivity index (χ4n) is 2.39. The van der Waals surface area contributed by atoms with Crippen LogP contribution in [-0.4, -0.2) is 46.8 Å². The molecule has 2 atom stereocenters. The molecule has 96 valence electrons. The van der Waals surface area contributed by atoms with Gasteiger partial charge in [-0.05, 0) is 13.3 Å². The Balaban J connectivity index is 1.81. The second-order valence-corrected chi connectivity index (χ2v) is 4.84. The fourth-order valence-corrected chi connectivity index (χ4v) is 2.39. The predicted octanol–water partition coefficient (Wildman–Crippen LogP) is 1.07. The molecule has 5 nitrogen and oxygen atoms in total. The molecule has 5 heteroatoms. The molecule has 1 aromatic rings. The minimum Gasteiger partial charge on any atom is -0.343 e. The molecule has 1 saturated heterocycles. The molecule has 2 rings (SSSR count). The number of aromatic nitrogens is 2. The molecule has 1 aliphatic rings. The van der Waals surface area contributed by atoms with E-state index in [0.717, 1.165) is 31.9 Å². The highest BCUT2D eigenvalue weighted by molar-refractivity contribution is 4.86. The van der Waals surface area contributed by atoms with Crippen molar-refractivity contribution in [1.82, 2.24) is 20.4 Å². The van der Waals surface area contributed by atoms with E-state index in [2.05, 4.69) is 34.2 Å². The number of hydrogen-bond acceptors (Lipinski definition) is 5. The van der Waals surface area contributed by atoms with Gasteiger partial charge in [-0.2, -0.15) is 4.98 Å². The molecule has 0 bridgehead atoms. The lowest BCUT2D eigenvalue weighted by Gasteiger charge is -2.38. The maximum absolute atomic E-state index is 4.75. The summed E-state index contributed by atoms with van der Waals surface area (Å²) in [5.41, 5.74) is 0. The molecule has 0 amide bonds. The molecule has 0 spiro atoms. The van der Waals surface area contributed by atoms with Crippen LogP contribution in [0.5, 0.6) is 0 Å². The van der Waals surface area contributed by atoms with E-state index in [1.165, 1.54) is 19.2 Å². The van der Waals surface area contributed by atoms with Gasteiger partial charge in [-0.1, -0.05) is 18.5 Å². The SMILES string of the molecule is CCCC1CN(CCc2ncon2)C(C)CN1. The summed E-state index contributed by atoms with van der Waals surface area (Å²) in [4.78, 5) is 6.58. The van der Waals surface area contributed by atoms with E-state index in [9.17, 15) is 0 Å². The highest BCUT2D eigenvalue weighted by atomic mass is 16.5. The van der Waals surface area contributed by atoms with Gasteiger partial charge in [0.25, 0.3) is 0 Å². The smallest absolute Gasteiger partial charge is 0.213 e. The Labute approximate surface area is 103 Å². The van der Waals surface area contributed by atoms with Crippen LogP contribution in [0.4, 0.5) is 0 Å². The first-order chi connectivity index (χ1) is 8.29. The van der Waals surface area contributed by atoms with Crippen LogP contribution >= 0.6 is 0 Å². The van der Waals surface area contributed by atoms with E-state index in [1.54, 1.807) is 0 Å². The van der Waals surface area contributed by atoms with Gasteiger partial charge in [0.1, 0.15) is 0 Å². The van der Waals surface area contributed by atoms with Crippen LogP contribution in [0.2, 0.25) is 0 Å². The fraction of sp³-hybridized carbons (Fsp3) is 0.833. The minimum atomic E-state index is 0.593. The second-order valence-electron chi connectivity index (χ2n) is 4.84. The number of nitrogens with zero attached hydrogens (tertiary/aromatic N) is 3. The Morgan fingerprint density at radius 3 is 3.18 bits per heavy atom. The second kappa shape index (κ2) is 6.12. The molecule has 0 aliphatic carbocycles. The molecule has 17 heavy (non-hydrogen) atoms. The molecule has 1 N–H and O–H groups in total. The molecular formula is C12H22N4O. The number of hydrogen-bond donors (Lipinski definition) is 1. The lowest BCUT2D eigenvalue weighted by atomic mass is 10.1. The summed E-state index contributed by atoms with van der Waals surface area (Å²) < 4.78 is 4.75. The molecule has 0 radical (unpaired) electrons. The van der Waals surface area contributed by atoms with Gasteiger partial charge in [-0.15, -0.1) is 0 Å². The van der Waals surface area contributed by atoms with E-state index in [4.69, 9.17) is 4.52 Å². The zero-order chi connectivity index (χ0) is 12.1. The van der Waals surface area contributed by atoms with Gasteiger partial charge in [-0.3, -0.25) is 4.90 Å². The molecule has 1 aromatic heterocycles. The Morgan fingerprint density at radius 2 is 2.47 bits per heavy atom. The Bertz CT molecular complexity index is 314. The minimum absolute atomic E-state index is 0.593. The first-order valence-electron chi connectivity index (χ1n) is 6.52. The summed E-state index contributed by atoms with van der Waals surface area (Å²) in [6.07, 6.45) is 4.77. The summed E-state index contributed by atoms with van der Waals surface area (Å²) in [5.74, 6) is 0.808. The first-order valence-corrected chi connectivity index (χ1v) is 6.52. The van der Waals surface area contributed by atoms with E-state index < -0.39 is 0 Å². The average Bonchev–Trinajstić information content (AvgIpc) is 2.83. The molecular weight excluding hydrogens is 216 g/mol. The van der Waals surface area contributed by atoms with Crippen molar-refractivity contribution in [3.8, 4) is 0 Å². The quantitative estimate of drug-likeness (QED) is 0.831. The van der Waals surface area contributed by atoms with Crippen molar-refractivity contribution in [2.24, 2.45) is 0 Å². The van der Waals surface area contributed by atoms with Gasteiger partial charge in [0, 0.05) is 38.1 Å². The Kier molecular flexibility index (Phi) is 4.50. The molecule has 2 heterocycles. The van der Waals surface area contributed by atoms with Crippen molar-refractivity contribution in [2.75, 3.05) is 19.6 Å². The van der Waals surface area contributed by atoms with E-state index in [-0.39, 0.29) is 0 Å². The largest absolute Gasteiger partial charge is 0.343 e. The topological polar surface area (TPSA) is 54.2 Å². The molecule has 0 aromatic carbocycles. The third-order valence-corrected chi connectivity index (χ3v) is 3.45. The Morgan fingerprint density at radius 1 is 1.59 bits per heavy atom. The summed E-state index contributed by atoms with van der Waals surface area (Å²) in [6, 6.07) is 1.23. The van der Waals surface area contributed by atoms with Crippen LogP contribution in [0, 0.1) is 0 Å². The maximum Gasteiger partial charge on any atom is 0.213 e. The summed E-state index contributed by atoms with van der Waals surface area (Å²) in [5, 5.41) is 7.45. The van der Waals surface area contributed by atoms with Crippen LogP contribution in [-0.2, 0) is 6.42 Å². The van der Waals surface area contributed by atoms with Crippen molar-refractivity contribution in [3.05, 3.63) is 12.2 Å². The Hall–Kier alpha value is -0.940. The summed E-state index contributed by atoms with van der Waals surface area (Å²) >= 11 is 0. The third-order valence-electron chi connectivity index (χ3n) is 3.45. The van der Waals surface area contributed by atoms with E-state index >= 15 is 0 Å². The molecule has 2 unspecified atom stereocenters. The van der Waals surface area contributed by atoms with Gasteiger partial charge in [0.05, 0.1) is 0 Å². The average molecular weight is 238 g/mol. The summed E-state index contributed by atoms with van der Waals surface area (Å²) in [7, 11) is 0. The van der Waals surface area contributed by atoms with Crippen molar-refractivity contribution in [3.63, 3.8) is 0 Å². The van der Waals surface area contributed by atoms with Gasteiger partial charge >= 0.3 is 0 Å². The zero-order valence-corrected chi connectivity index (χ0v) is 10.7. The maximum atomic E-state index is 4.75. The van der Waals surface area contributed by atoms with Crippen LogP contribution in [0.15, 0.2) is 10.9 Å². The van der Waals surface area contributed by atoms with Crippen LogP contribution < -0.4 is 5.32 Å². The lowest BCUT2D eigenvalue weighted by Crippen LogP contribution is -2.55. The van der Waals surface area contributed by atoms with Crippen LogP contribution in [0.25, 0.3) is 0 Å². The van der Waals surface area contributed by atoms with Gasteiger partial charge in [0.15, 0.2) is 5.82 Å². The molecule has 1 fully saturated rings. The zero-order valence-electron chi connectivity index (χ0n) is 10.7. The molecule has 1 aliphatic heterocycles. The third kappa shape index (κ3) is 3.51. The first kappa shape index (κ1) is 12.5. The highest BCUT2D eigenvalue weighted by Crippen LogP contribution is 2.10. The number of nitrogens with one attached hydrogen (secondary N) is 1. The number of rotatable bonds is 5. The van der Waals surface area contributed by atoms with E-state index in [0.29, 0.717) is 12.1 Å².